The SMILES string of the molecule is O=C(CSc1nnc(-c2ccco2)n1-c1ccccc1)c1ccc2c(c1)OCCCO2. The Labute approximate surface area is 183 Å². The molecule has 7 nitrogen and oxygen atoms in total. The third kappa shape index (κ3) is 4.06. The van der Waals surface area contributed by atoms with Crippen LogP contribution in [-0.4, -0.2) is 39.5 Å². The van der Waals surface area contributed by atoms with Crippen molar-refractivity contribution in [2.75, 3.05) is 19.0 Å². The summed E-state index contributed by atoms with van der Waals surface area (Å²) in [6.45, 7) is 1.19. The first-order valence-corrected chi connectivity index (χ1v) is 10.9. The Morgan fingerprint density at radius 1 is 0.968 bits per heavy atom. The summed E-state index contributed by atoms with van der Waals surface area (Å²) >= 11 is 1.33. The highest BCUT2D eigenvalue weighted by Gasteiger charge is 2.20. The Balaban J connectivity index is 1.39. The van der Waals surface area contributed by atoms with Crippen LogP contribution in [0.2, 0.25) is 0 Å². The summed E-state index contributed by atoms with van der Waals surface area (Å²) < 4.78 is 18.8. The van der Waals surface area contributed by atoms with Gasteiger partial charge in [0.25, 0.3) is 0 Å². The fourth-order valence-electron chi connectivity index (χ4n) is 3.29. The number of thioether (sulfide) groups is 1. The summed E-state index contributed by atoms with van der Waals surface area (Å²) in [5, 5.41) is 9.23. The normalized spacial score (nSPS) is 13.0. The van der Waals surface area contributed by atoms with Gasteiger partial charge in [0.05, 0.1) is 25.2 Å². The minimum Gasteiger partial charge on any atom is -0.490 e. The molecule has 1 aliphatic heterocycles. The summed E-state index contributed by atoms with van der Waals surface area (Å²) in [6, 6.07) is 18.7. The Morgan fingerprint density at radius 2 is 1.81 bits per heavy atom. The van der Waals surface area contributed by atoms with Crippen molar-refractivity contribution in [2.24, 2.45) is 0 Å². The molecule has 4 aromatic rings. The maximum atomic E-state index is 12.9. The van der Waals surface area contributed by atoms with Gasteiger partial charge in [0.15, 0.2) is 28.2 Å². The van der Waals surface area contributed by atoms with E-state index in [2.05, 4.69) is 10.2 Å². The minimum absolute atomic E-state index is 0.0252. The molecule has 0 N–H and O–H groups in total. The number of nitrogens with zero attached hydrogens (tertiary/aromatic N) is 3. The molecule has 0 saturated heterocycles. The van der Waals surface area contributed by atoms with Gasteiger partial charge in [0.2, 0.25) is 5.82 Å². The van der Waals surface area contributed by atoms with Crippen LogP contribution in [0.1, 0.15) is 16.8 Å². The van der Waals surface area contributed by atoms with E-state index in [4.69, 9.17) is 13.9 Å². The smallest absolute Gasteiger partial charge is 0.205 e. The monoisotopic (exact) mass is 433 g/mol. The first kappa shape index (κ1) is 19.4. The van der Waals surface area contributed by atoms with Crippen molar-refractivity contribution < 1.29 is 18.7 Å². The standard InChI is InChI=1S/C23H19N3O4S/c27-18(16-9-10-19-21(14-16)30-13-5-12-28-19)15-31-23-25-24-22(20-8-4-11-29-20)26(23)17-6-2-1-3-7-17/h1-4,6-11,14H,5,12-13,15H2. The zero-order valence-corrected chi connectivity index (χ0v) is 17.4. The number of carbonyl (C=O) groups is 1. The van der Waals surface area contributed by atoms with E-state index in [9.17, 15) is 4.79 Å². The van der Waals surface area contributed by atoms with Crippen molar-refractivity contribution in [1.29, 1.82) is 0 Å². The van der Waals surface area contributed by atoms with Gasteiger partial charge in [0, 0.05) is 17.7 Å². The largest absolute Gasteiger partial charge is 0.490 e. The number of carbonyl (C=O) groups excluding carboxylic acids is 1. The van der Waals surface area contributed by atoms with Gasteiger partial charge in [-0.1, -0.05) is 30.0 Å². The maximum Gasteiger partial charge on any atom is 0.205 e. The first-order chi connectivity index (χ1) is 15.3. The molecule has 0 amide bonds. The maximum absolute atomic E-state index is 12.9. The van der Waals surface area contributed by atoms with Gasteiger partial charge in [-0.2, -0.15) is 0 Å². The quantitative estimate of drug-likeness (QED) is 0.323. The van der Waals surface area contributed by atoms with Crippen molar-refractivity contribution in [3.8, 4) is 28.8 Å². The van der Waals surface area contributed by atoms with Crippen LogP contribution < -0.4 is 9.47 Å². The lowest BCUT2D eigenvalue weighted by Gasteiger charge is -2.10. The lowest BCUT2D eigenvalue weighted by Crippen LogP contribution is -2.05. The molecule has 156 valence electrons. The number of ether oxygens (including phenoxy) is 2. The summed E-state index contributed by atoms with van der Waals surface area (Å²) in [4.78, 5) is 12.9. The van der Waals surface area contributed by atoms with Crippen LogP contribution in [0.25, 0.3) is 17.3 Å². The molecule has 8 heteroatoms. The average molecular weight is 433 g/mol. The Bertz CT molecular complexity index is 1190. The minimum atomic E-state index is -0.0252. The van der Waals surface area contributed by atoms with Gasteiger partial charge in [0.1, 0.15) is 0 Å². The third-order valence-electron chi connectivity index (χ3n) is 4.79. The molecule has 0 spiro atoms. The van der Waals surface area contributed by atoms with Gasteiger partial charge in [-0.05, 0) is 42.5 Å². The lowest BCUT2D eigenvalue weighted by atomic mass is 10.1. The molecule has 0 fully saturated rings. The lowest BCUT2D eigenvalue weighted by molar-refractivity contribution is 0.102. The van der Waals surface area contributed by atoms with Crippen molar-refractivity contribution >= 4 is 17.5 Å². The molecule has 2 aromatic carbocycles. The van der Waals surface area contributed by atoms with Gasteiger partial charge in [-0.15, -0.1) is 10.2 Å². The molecule has 31 heavy (non-hydrogen) atoms. The van der Waals surface area contributed by atoms with Crippen LogP contribution in [0.5, 0.6) is 11.5 Å². The van der Waals surface area contributed by atoms with Crippen LogP contribution >= 0.6 is 11.8 Å². The number of furan rings is 1. The molecule has 0 bridgehead atoms. The number of fused-ring (bicyclic) bond motifs is 1. The molecule has 0 saturated carbocycles. The second-order valence-electron chi connectivity index (χ2n) is 6.88. The van der Waals surface area contributed by atoms with E-state index in [-0.39, 0.29) is 11.5 Å². The van der Waals surface area contributed by atoms with E-state index >= 15 is 0 Å². The van der Waals surface area contributed by atoms with Gasteiger partial charge < -0.3 is 13.9 Å². The first-order valence-electron chi connectivity index (χ1n) is 9.90. The molecule has 0 atom stereocenters. The fraction of sp³-hybridized carbons (Fsp3) is 0.174. The van der Waals surface area contributed by atoms with Crippen LogP contribution in [0.3, 0.4) is 0 Å². The van der Waals surface area contributed by atoms with Gasteiger partial charge >= 0.3 is 0 Å². The molecule has 0 aliphatic carbocycles. The number of Topliss-reactive ketones (excluding diaryl/α,β-unsaturated/α-hetero) is 1. The predicted molar refractivity (Wildman–Crippen MR) is 116 cm³/mol. The highest BCUT2D eigenvalue weighted by Crippen LogP contribution is 2.32. The number of ketones is 1. The van der Waals surface area contributed by atoms with E-state index in [1.807, 2.05) is 41.0 Å². The number of para-hydroxylation sites is 1. The summed E-state index contributed by atoms with van der Waals surface area (Å²) in [5.74, 6) is 2.67. The summed E-state index contributed by atoms with van der Waals surface area (Å²) in [6.07, 6.45) is 2.42. The predicted octanol–water partition coefficient (Wildman–Crippen LogP) is 4.66. The molecule has 2 aromatic heterocycles. The van der Waals surface area contributed by atoms with Crippen LogP contribution in [-0.2, 0) is 0 Å². The topological polar surface area (TPSA) is 79.4 Å². The van der Waals surface area contributed by atoms with E-state index < -0.39 is 0 Å². The van der Waals surface area contributed by atoms with E-state index in [0.29, 0.717) is 47.0 Å². The Morgan fingerprint density at radius 3 is 2.61 bits per heavy atom. The molecule has 3 heterocycles. The molecular formula is C23H19N3O4S. The average Bonchev–Trinajstić information content (AvgIpc) is 3.42. The molecule has 5 rings (SSSR count). The number of rotatable bonds is 6. The van der Waals surface area contributed by atoms with Crippen LogP contribution in [0.15, 0.2) is 76.5 Å². The molecular weight excluding hydrogens is 414 g/mol. The second kappa shape index (κ2) is 8.69. The number of benzene rings is 2. The number of aromatic nitrogens is 3. The fourth-order valence-corrected chi connectivity index (χ4v) is 4.14. The van der Waals surface area contributed by atoms with Crippen molar-refractivity contribution in [3.05, 3.63) is 72.5 Å². The molecule has 0 unspecified atom stereocenters. The van der Waals surface area contributed by atoms with Crippen LogP contribution in [0, 0.1) is 0 Å². The molecule has 1 aliphatic rings. The number of hydrogen-bond donors (Lipinski definition) is 0. The van der Waals surface area contributed by atoms with Crippen molar-refractivity contribution in [3.63, 3.8) is 0 Å². The van der Waals surface area contributed by atoms with Crippen LogP contribution in [0.4, 0.5) is 0 Å². The summed E-state index contributed by atoms with van der Waals surface area (Å²) in [7, 11) is 0. The van der Waals surface area contributed by atoms with Crippen molar-refractivity contribution in [1.82, 2.24) is 14.8 Å². The second-order valence-corrected chi connectivity index (χ2v) is 7.82. The Kier molecular flexibility index (Phi) is 5.45. The summed E-state index contributed by atoms with van der Waals surface area (Å²) in [5.41, 5.74) is 1.47. The third-order valence-corrected chi connectivity index (χ3v) is 5.72. The highest BCUT2D eigenvalue weighted by atomic mass is 32.2. The van der Waals surface area contributed by atoms with E-state index in [1.165, 1.54) is 11.8 Å². The molecule has 0 radical (unpaired) electrons. The van der Waals surface area contributed by atoms with E-state index in [0.717, 1.165) is 12.1 Å². The van der Waals surface area contributed by atoms with Gasteiger partial charge in [-0.25, -0.2) is 0 Å². The van der Waals surface area contributed by atoms with Crippen molar-refractivity contribution in [2.45, 2.75) is 11.6 Å². The number of hydrogen-bond acceptors (Lipinski definition) is 7. The Hall–Kier alpha value is -3.52. The van der Waals surface area contributed by atoms with Gasteiger partial charge in [-0.3, -0.25) is 9.36 Å². The highest BCUT2D eigenvalue weighted by molar-refractivity contribution is 7.99. The van der Waals surface area contributed by atoms with E-state index in [1.54, 1.807) is 30.5 Å². The zero-order chi connectivity index (χ0) is 21.0. The zero-order valence-electron chi connectivity index (χ0n) is 16.6.